The van der Waals surface area contributed by atoms with Crippen LogP contribution in [0, 0.1) is 5.82 Å². The number of hydrogen-bond donors (Lipinski definition) is 1. The van der Waals surface area contributed by atoms with Gasteiger partial charge >= 0.3 is 0 Å². The van der Waals surface area contributed by atoms with Gasteiger partial charge in [0.2, 0.25) is 0 Å². The molecule has 0 aromatic heterocycles. The van der Waals surface area contributed by atoms with E-state index in [1.165, 1.54) is 24.3 Å². The third-order valence-corrected chi connectivity index (χ3v) is 3.41. The van der Waals surface area contributed by atoms with E-state index >= 15 is 0 Å². The van der Waals surface area contributed by atoms with Gasteiger partial charge < -0.3 is 5.73 Å². The molecule has 3 rings (SSSR count). The van der Waals surface area contributed by atoms with E-state index in [-0.39, 0.29) is 27.5 Å². The van der Waals surface area contributed by atoms with E-state index in [9.17, 15) is 14.0 Å². The Morgan fingerprint density at radius 3 is 2.40 bits per heavy atom. The Bertz CT molecular complexity index is 741. The first kappa shape index (κ1) is 12.6. The molecular formula is C14H8ClFN2O2. The van der Waals surface area contributed by atoms with Crippen molar-refractivity contribution in [3.63, 3.8) is 0 Å². The van der Waals surface area contributed by atoms with Gasteiger partial charge in [0.15, 0.2) is 0 Å². The van der Waals surface area contributed by atoms with E-state index in [1.807, 2.05) is 0 Å². The lowest BCUT2D eigenvalue weighted by Crippen LogP contribution is -2.30. The molecule has 2 amide bonds. The van der Waals surface area contributed by atoms with E-state index in [0.717, 1.165) is 11.0 Å². The zero-order valence-electron chi connectivity index (χ0n) is 10.1. The van der Waals surface area contributed by atoms with Crippen LogP contribution in [0.1, 0.15) is 20.7 Å². The Morgan fingerprint density at radius 1 is 1.05 bits per heavy atom. The van der Waals surface area contributed by atoms with Crippen molar-refractivity contribution in [2.24, 2.45) is 0 Å². The molecule has 100 valence electrons. The number of nitrogen functional groups attached to an aromatic ring is 1. The molecule has 1 aliphatic rings. The second kappa shape index (κ2) is 4.31. The first-order valence-corrected chi connectivity index (χ1v) is 6.11. The first-order chi connectivity index (χ1) is 9.52. The molecule has 0 atom stereocenters. The molecule has 0 radical (unpaired) electrons. The molecule has 4 nitrogen and oxygen atoms in total. The van der Waals surface area contributed by atoms with Crippen molar-refractivity contribution < 1.29 is 14.0 Å². The monoisotopic (exact) mass is 290 g/mol. The van der Waals surface area contributed by atoms with Gasteiger partial charge in [0, 0.05) is 5.69 Å². The number of nitrogens with zero attached hydrogens (tertiary/aromatic N) is 1. The molecule has 1 aliphatic heterocycles. The normalized spacial score (nSPS) is 13.8. The number of carbonyl (C=O) groups excluding carboxylic acids is 2. The van der Waals surface area contributed by atoms with Crippen LogP contribution in [0.5, 0.6) is 0 Å². The molecular weight excluding hydrogens is 283 g/mol. The average molecular weight is 291 g/mol. The molecule has 2 aromatic rings. The molecule has 0 aliphatic carbocycles. The van der Waals surface area contributed by atoms with Crippen LogP contribution >= 0.6 is 11.6 Å². The number of nitrogens with two attached hydrogens (primary N) is 1. The number of carbonyl (C=O) groups is 2. The summed E-state index contributed by atoms with van der Waals surface area (Å²) >= 11 is 5.91. The maximum absolute atomic E-state index is 13.9. The third-order valence-electron chi connectivity index (χ3n) is 3.11. The van der Waals surface area contributed by atoms with E-state index in [0.29, 0.717) is 0 Å². The summed E-state index contributed by atoms with van der Waals surface area (Å²) in [6.45, 7) is 0. The van der Waals surface area contributed by atoms with Gasteiger partial charge in [0.05, 0.1) is 16.1 Å². The van der Waals surface area contributed by atoms with Gasteiger partial charge in [-0.1, -0.05) is 23.7 Å². The van der Waals surface area contributed by atoms with Gasteiger partial charge in [-0.15, -0.1) is 0 Å². The maximum atomic E-state index is 13.9. The van der Waals surface area contributed by atoms with Gasteiger partial charge in [-0.2, -0.15) is 0 Å². The van der Waals surface area contributed by atoms with Gasteiger partial charge in [-0.3, -0.25) is 9.59 Å². The Balaban J connectivity index is 2.23. The van der Waals surface area contributed by atoms with E-state index in [2.05, 4.69) is 0 Å². The molecule has 0 saturated carbocycles. The van der Waals surface area contributed by atoms with Crippen LogP contribution in [0.4, 0.5) is 15.8 Å². The van der Waals surface area contributed by atoms with Crippen LogP contribution in [0.3, 0.4) is 0 Å². The second-order valence-corrected chi connectivity index (χ2v) is 4.69. The lowest BCUT2D eigenvalue weighted by atomic mass is 10.1. The highest BCUT2D eigenvalue weighted by Gasteiger charge is 2.40. The van der Waals surface area contributed by atoms with Crippen molar-refractivity contribution in [3.05, 3.63) is 58.4 Å². The SMILES string of the molecule is Nc1cccc2c1C(=O)N(c1c(F)cccc1Cl)C2=O. The second-order valence-electron chi connectivity index (χ2n) is 4.29. The maximum Gasteiger partial charge on any atom is 0.268 e. The largest absolute Gasteiger partial charge is 0.398 e. The number of hydrogen-bond acceptors (Lipinski definition) is 3. The number of para-hydroxylation sites is 1. The third kappa shape index (κ3) is 1.60. The minimum atomic E-state index is -0.745. The van der Waals surface area contributed by atoms with Crippen molar-refractivity contribution in [2.45, 2.75) is 0 Å². The average Bonchev–Trinajstić information content (AvgIpc) is 2.65. The quantitative estimate of drug-likeness (QED) is 0.649. The van der Waals surface area contributed by atoms with Crippen LogP contribution in [0.2, 0.25) is 5.02 Å². The van der Waals surface area contributed by atoms with Crippen LogP contribution in [0.25, 0.3) is 0 Å². The molecule has 0 saturated heterocycles. The molecule has 6 heteroatoms. The van der Waals surface area contributed by atoms with Gasteiger partial charge in [0.1, 0.15) is 11.5 Å². The lowest BCUT2D eigenvalue weighted by molar-refractivity contribution is 0.0925. The van der Waals surface area contributed by atoms with Crippen molar-refractivity contribution in [1.82, 2.24) is 0 Å². The van der Waals surface area contributed by atoms with Crippen molar-refractivity contribution in [2.75, 3.05) is 10.6 Å². The Kier molecular flexibility index (Phi) is 2.72. The van der Waals surface area contributed by atoms with E-state index in [1.54, 1.807) is 6.07 Å². The fourth-order valence-corrected chi connectivity index (χ4v) is 2.46. The highest BCUT2D eigenvalue weighted by atomic mass is 35.5. The topological polar surface area (TPSA) is 63.4 Å². The number of rotatable bonds is 1. The number of anilines is 2. The predicted octanol–water partition coefficient (Wildman–Crippen LogP) is 2.86. The van der Waals surface area contributed by atoms with Gasteiger partial charge in [0.25, 0.3) is 11.8 Å². The fraction of sp³-hybridized carbons (Fsp3) is 0. The summed E-state index contributed by atoms with van der Waals surface area (Å²) in [4.78, 5) is 25.3. The molecule has 20 heavy (non-hydrogen) atoms. The summed E-state index contributed by atoms with van der Waals surface area (Å²) in [5.74, 6) is -2.05. The Labute approximate surface area is 118 Å². The number of imide groups is 1. The molecule has 0 unspecified atom stereocenters. The highest BCUT2D eigenvalue weighted by molar-refractivity contribution is 6.40. The highest BCUT2D eigenvalue weighted by Crippen LogP contribution is 2.36. The number of amides is 2. The zero-order valence-corrected chi connectivity index (χ0v) is 10.8. The summed E-state index contributed by atoms with van der Waals surface area (Å²) in [7, 11) is 0. The Hall–Kier alpha value is -2.40. The van der Waals surface area contributed by atoms with Crippen LogP contribution < -0.4 is 10.6 Å². The smallest absolute Gasteiger partial charge is 0.268 e. The van der Waals surface area contributed by atoms with E-state index in [4.69, 9.17) is 17.3 Å². The van der Waals surface area contributed by atoms with Crippen molar-refractivity contribution >= 4 is 34.8 Å². The summed E-state index contributed by atoms with van der Waals surface area (Å²) in [5.41, 5.74) is 5.87. The molecule has 0 bridgehead atoms. The molecule has 2 N–H and O–H groups in total. The summed E-state index contributed by atoms with van der Waals surface area (Å²) in [6.07, 6.45) is 0. The summed E-state index contributed by atoms with van der Waals surface area (Å²) < 4.78 is 13.9. The molecule has 0 spiro atoms. The molecule has 1 heterocycles. The van der Waals surface area contributed by atoms with Crippen molar-refractivity contribution in [3.8, 4) is 0 Å². The van der Waals surface area contributed by atoms with Gasteiger partial charge in [-0.05, 0) is 24.3 Å². The summed E-state index contributed by atoms with van der Waals surface area (Å²) in [6, 6.07) is 8.48. The molecule has 2 aromatic carbocycles. The molecule has 0 fully saturated rings. The van der Waals surface area contributed by atoms with Crippen LogP contribution in [0.15, 0.2) is 36.4 Å². The minimum Gasteiger partial charge on any atom is -0.398 e. The fourth-order valence-electron chi connectivity index (χ4n) is 2.22. The number of benzene rings is 2. The summed E-state index contributed by atoms with van der Waals surface area (Å²) in [5, 5.41) is -0.0157. The van der Waals surface area contributed by atoms with Gasteiger partial charge in [-0.25, -0.2) is 9.29 Å². The first-order valence-electron chi connectivity index (χ1n) is 5.73. The van der Waals surface area contributed by atoms with Crippen LogP contribution in [-0.2, 0) is 0 Å². The lowest BCUT2D eigenvalue weighted by Gasteiger charge is -2.16. The van der Waals surface area contributed by atoms with E-state index < -0.39 is 17.6 Å². The predicted molar refractivity (Wildman–Crippen MR) is 73.4 cm³/mol. The standard InChI is InChI=1S/C14H8ClFN2O2/c15-8-4-2-5-9(16)12(8)18-13(19)7-3-1-6-10(17)11(7)14(18)20/h1-6H,17H2. The Morgan fingerprint density at radius 2 is 1.75 bits per heavy atom. The number of fused-ring (bicyclic) bond motifs is 1. The van der Waals surface area contributed by atoms with Crippen LogP contribution in [-0.4, -0.2) is 11.8 Å². The zero-order chi connectivity index (χ0) is 14.4. The number of halogens is 2. The minimum absolute atomic E-state index is 0.0157. The van der Waals surface area contributed by atoms with Crippen molar-refractivity contribution in [1.29, 1.82) is 0 Å².